The van der Waals surface area contributed by atoms with Crippen molar-refractivity contribution in [3.05, 3.63) is 35.9 Å². The number of carboxylic acids is 1. The summed E-state index contributed by atoms with van der Waals surface area (Å²) in [7, 11) is -4.16. The van der Waals surface area contributed by atoms with Crippen LogP contribution in [0.2, 0.25) is 0 Å². The summed E-state index contributed by atoms with van der Waals surface area (Å²) in [6.07, 6.45) is 0.256. The molecule has 0 saturated heterocycles. The molecule has 122 valence electrons. The number of carbonyl (C=O) groups excluding carboxylic acids is 1. The zero-order valence-electron chi connectivity index (χ0n) is 11.7. The van der Waals surface area contributed by atoms with Crippen LogP contribution in [0.3, 0.4) is 0 Å². The largest absolute Gasteiger partial charge is 0.480 e. The number of amides is 1. The molecular weight excluding hydrogens is 312 g/mol. The van der Waals surface area contributed by atoms with Gasteiger partial charge in [0.2, 0.25) is 5.91 Å². The number of benzene rings is 1. The summed E-state index contributed by atoms with van der Waals surface area (Å²) in [5.41, 5.74) is 0.829. The lowest BCUT2D eigenvalue weighted by atomic mass is 10.1. The predicted molar refractivity (Wildman–Crippen MR) is 79.0 cm³/mol. The van der Waals surface area contributed by atoms with Crippen LogP contribution in [0, 0.1) is 0 Å². The smallest absolute Gasteiger partial charge is 0.317 e. The fourth-order valence-corrected chi connectivity index (χ4v) is 2.10. The average Bonchev–Trinajstić information content (AvgIpc) is 2.42. The quantitative estimate of drug-likeness (QED) is 0.439. The minimum Gasteiger partial charge on any atom is -0.480 e. The molecular formula is C13H18N2O6S. The molecule has 22 heavy (non-hydrogen) atoms. The average molecular weight is 330 g/mol. The second-order valence-corrected chi connectivity index (χ2v) is 6.17. The van der Waals surface area contributed by atoms with E-state index in [1.807, 2.05) is 6.07 Å². The molecule has 1 atom stereocenters. The topological polar surface area (TPSA) is 133 Å². The van der Waals surface area contributed by atoms with E-state index in [4.69, 9.17) is 9.66 Å². The lowest BCUT2D eigenvalue weighted by Gasteiger charge is -2.17. The number of hydrogen-bond acceptors (Lipinski definition) is 5. The molecule has 1 rings (SSSR count). The van der Waals surface area contributed by atoms with Crippen molar-refractivity contribution in [2.75, 3.05) is 18.8 Å². The molecule has 0 aromatic heterocycles. The Kier molecular flexibility index (Phi) is 6.96. The second-order valence-electron chi connectivity index (χ2n) is 4.59. The van der Waals surface area contributed by atoms with Crippen LogP contribution in [0.25, 0.3) is 0 Å². The van der Waals surface area contributed by atoms with Gasteiger partial charge in [-0.1, -0.05) is 30.3 Å². The summed E-state index contributed by atoms with van der Waals surface area (Å²) in [5, 5.41) is 13.6. The molecule has 1 amide bonds. The molecule has 1 aromatic rings. The van der Waals surface area contributed by atoms with E-state index in [0.717, 1.165) is 5.56 Å². The summed E-state index contributed by atoms with van der Waals surface area (Å²) >= 11 is 0. The van der Waals surface area contributed by atoms with E-state index in [1.165, 1.54) is 0 Å². The van der Waals surface area contributed by atoms with E-state index in [1.54, 1.807) is 24.3 Å². The van der Waals surface area contributed by atoms with Crippen LogP contribution >= 0.6 is 0 Å². The molecule has 0 aliphatic rings. The van der Waals surface area contributed by atoms with Gasteiger partial charge in [0.25, 0.3) is 10.1 Å². The molecule has 8 nitrogen and oxygen atoms in total. The van der Waals surface area contributed by atoms with Crippen LogP contribution in [-0.4, -0.2) is 54.8 Å². The highest BCUT2D eigenvalue weighted by Crippen LogP contribution is 2.03. The Morgan fingerprint density at radius 1 is 1.18 bits per heavy atom. The molecule has 0 radical (unpaired) electrons. The third-order valence-corrected chi connectivity index (χ3v) is 3.48. The van der Waals surface area contributed by atoms with Crippen LogP contribution in [0.4, 0.5) is 0 Å². The van der Waals surface area contributed by atoms with Gasteiger partial charge in [-0.2, -0.15) is 8.42 Å². The summed E-state index contributed by atoms with van der Waals surface area (Å²) in [6, 6.07) is 8.16. The minimum absolute atomic E-state index is 0.252. The van der Waals surface area contributed by atoms with Crippen LogP contribution in [0.1, 0.15) is 5.56 Å². The molecule has 0 aliphatic carbocycles. The third-order valence-electron chi connectivity index (χ3n) is 2.76. The van der Waals surface area contributed by atoms with Crippen molar-refractivity contribution in [2.24, 2.45) is 0 Å². The van der Waals surface area contributed by atoms with Crippen molar-refractivity contribution in [1.82, 2.24) is 10.6 Å². The molecule has 0 heterocycles. The number of hydrogen-bond donors (Lipinski definition) is 4. The van der Waals surface area contributed by atoms with Gasteiger partial charge in [0, 0.05) is 6.54 Å². The Hall–Kier alpha value is -1.97. The van der Waals surface area contributed by atoms with Crippen LogP contribution in [-0.2, 0) is 26.1 Å². The van der Waals surface area contributed by atoms with Gasteiger partial charge in [0.05, 0.1) is 18.3 Å². The standard InChI is InChI=1S/C13H18N2O6S/c16-12(17)9-15-11(8-10-4-2-1-3-5-10)13(18)14-6-7-22(19,20)21/h1-5,11,15H,6-9H2,(H,14,18)(H,16,17)(H,19,20,21)/t11-/m0/s1. The summed E-state index contributed by atoms with van der Waals surface area (Å²) in [5.74, 6) is -2.24. The maximum atomic E-state index is 12.0. The van der Waals surface area contributed by atoms with E-state index in [9.17, 15) is 18.0 Å². The first-order valence-corrected chi connectivity index (χ1v) is 8.11. The van der Waals surface area contributed by atoms with E-state index in [-0.39, 0.29) is 13.0 Å². The molecule has 1 aromatic carbocycles. The molecule has 0 fully saturated rings. The van der Waals surface area contributed by atoms with Gasteiger partial charge >= 0.3 is 5.97 Å². The van der Waals surface area contributed by atoms with Gasteiger partial charge in [-0.15, -0.1) is 0 Å². The molecule has 0 saturated carbocycles. The van der Waals surface area contributed by atoms with Gasteiger partial charge in [0.15, 0.2) is 0 Å². The Morgan fingerprint density at radius 2 is 1.82 bits per heavy atom. The van der Waals surface area contributed by atoms with Gasteiger partial charge in [-0.25, -0.2) is 0 Å². The lowest BCUT2D eigenvalue weighted by Crippen LogP contribution is -2.48. The fourth-order valence-electron chi connectivity index (χ4n) is 1.74. The van der Waals surface area contributed by atoms with E-state index in [0.29, 0.717) is 0 Å². The minimum atomic E-state index is -4.16. The first kappa shape index (κ1) is 18.1. The molecule has 0 aliphatic heterocycles. The normalized spacial score (nSPS) is 12.6. The number of aliphatic carboxylic acids is 1. The van der Waals surface area contributed by atoms with Crippen molar-refractivity contribution in [3.63, 3.8) is 0 Å². The number of rotatable bonds is 9. The highest BCUT2D eigenvalue weighted by atomic mass is 32.2. The summed E-state index contributed by atoms with van der Waals surface area (Å²) in [4.78, 5) is 22.6. The maximum Gasteiger partial charge on any atom is 0.317 e. The van der Waals surface area contributed by atoms with Gasteiger partial charge in [0.1, 0.15) is 0 Å². The molecule has 0 spiro atoms. The molecule has 4 N–H and O–H groups in total. The van der Waals surface area contributed by atoms with Gasteiger partial charge < -0.3 is 10.4 Å². The van der Waals surface area contributed by atoms with Crippen molar-refractivity contribution >= 4 is 22.0 Å². The van der Waals surface area contributed by atoms with Crippen molar-refractivity contribution in [1.29, 1.82) is 0 Å². The van der Waals surface area contributed by atoms with Crippen LogP contribution in [0.5, 0.6) is 0 Å². The summed E-state index contributed by atoms with van der Waals surface area (Å²) in [6.45, 7) is -0.652. The first-order valence-electron chi connectivity index (χ1n) is 6.50. The van der Waals surface area contributed by atoms with E-state index < -0.39 is 40.3 Å². The van der Waals surface area contributed by atoms with Crippen molar-refractivity contribution in [2.45, 2.75) is 12.5 Å². The van der Waals surface area contributed by atoms with Crippen LogP contribution < -0.4 is 10.6 Å². The second kappa shape index (κ2) is 8.47. The van der Waals surface area contributed by atoms with Crippen molar-refractivity contribution in [3.8, 4) is 0 Å². The van der Waals surface area contributed by atoms with Gasteiger partial charge in [-0.05, 0) is 12.0 Å². The first-order chi connectivity index (χ1) is 10.3. The highest BCUT2D eigenvalue weighted by molar-refractivity contribution is 7.85. The zero-order chi connectivity index (χ0) is 16.6. The van der Waals surface area contributed by atoms with E-state index >= 15 is 0 Å². The lowest BCUT2D eigenvalue weighted by molar-refractivity contribution is -0.136. The maximum absolute atomic E-state index is 12.0. The number of nitrogens with one attached hydrogen (secondary N) is 2. The predicted octanol–water partition coefficient (Wildman–Crippen LogP) is -0.724. The molecule has 0 bridgehead atoms. The van der Waals surface area contributed by atoms with Gasteiger partial charge in [-0.3, -0.25) is 19.5 Å². The molecule has 0 unspecified atom stereocenters. The van der Waals surface area contributed by atoms with E-state index in [2.05, 4.69) is 10.6 Å². The SMILES string of the molecule is O=C(O)CN[C@@H](Cc1ccccc1)C(=O)NCCS(=O)(=O)O. The highest BCUT2D eigenvalue weighted by Gasteiger charge is 2.19. The fraction of sp³-hybridized carbons (Fsp3) is 0.385. The third kappa shape index (κ3) is 7.72. The number of carbonyl (C=O) groups is 2. The Balaban J connectivity index is 2.63. The Labute approximate surface area is 128 Å². The Bertz CT molecular complexity index is 602. The Morgan fingerprint density at radius 3 is 2.36 bits per heavy atom. The molecule has 9 heteroatoms. The van der Waals surface area contributed by atoms with Crippen molar-refractivity contribution < 1.29 is 27.7 Å². The zero-order valence-corrected chi connectivity index (χ0v) is 12.5. The number of carboxylic acid groups (broad SMARTS) is 1. The summed E-state index contributed by atoms with van der Waals surface area (Å²) < 4.78 is 29.8. The monoisotopic (exact) mass is 330 g/mol. The van der Waals surface area contributed by atoms with Crippen LogP contribution in [0.15, 0.2) is 30.3 Å².